The first-order chi connectivity index (χ1) is 9.02. The third kappa shape index (κ3) is 3.71. The van der Waals surface area contributed by atoms with Gasteiger partial charge in [0.05, 0.1) is 0 Å². The van der Waals surface area contributed by atoms with Crippen molar-refractivity contribution in [2.24, 2.45) is 17.6 Å². The predicted molar refractivity (Wildman–Crippen MR) is 82.4 cm³/mol. The Labute approximate surface area is 121 Å². The van der Waals surface area contributed by atoms with Crippen LogP contribution in [0.2, 0.25) is 5.02 Å². The molecule has 1 aromatic rings. The molecule has 4 atom stereocenters. The molecule has 19 heavy (non-hydrogen) atoms. The van der Waals surface area contributed by atoms with Crippen molar-refractivity contribution in [3.8, 4) is 0 Å². The molecule has 0 radical (unpaired) electrons. The normalized spacial score (nSPS) is 25.4. The van der Waals surface area contributed by atoms with E-state index in [1.54, 1.807) is 0 Å². The van der Waals surface area contributed by atoms with Crippen molar-refractivity contribution in [3.63, 3.8) is 0 Å². The molecular weight excluding hydrogens is 256 g/mol. The Kier molecular flexibility index (Phi) is 4.88. The first-order valence-corrected chi connectivity index (χ1v) is 7.62. The maximum Gasteiger partial charge on any atom is 0.0496 e. The Balaban J connectivity index is 2.15. The van der Waals surface area contributed by atoms with E-state index in [9.17, 15) is 0 Å². The topological polar surface area (TPSA) is 29.3 Å². The fourth-order valence-corrected chi connectivity index (χ4v) is 3.08. The molecule has 1 fully saturated rings. The van der Waals surface area contributed by atoms with Crippen molar-refractivity contribution in [3.05, 3.63) is 34.9 Å². The van der Waals surface area contributed by atoms with E-state index in [1.165, 1.54) is 12.0 Å². The van der Waals surface area contributed by atoms with Crippen LogP contribution in [0.25, 0.3) is 0 Å². The van der Waals surface area contributed by atoms with E-state index < -0.39 is 0 Å². The second-order valence-electron chi connectivity index (χ2n) is 5.98. The van der Waals surface area contributed by atoms with Gasteiger partial charge in [0.15, 0.2) is 0 Å². The van der Waals surface area contributed by atoms with Gasteiger partial charge in [0, 0.05) is 23.7 Å². The quantitative estimate of drug-likeness (QED) is 0.861. The SMILES string of the molecule is CCC(N)C(c1cccc(Cl)c1)N(C)CC1CC1C. The van der Waals surface area contributed by atoms with Crippen LogP contribution in [0, 0.1) is 11.8 Å². The number of benzene rings is 1. The van der Waals surface area contributed by atoms with Gasteiger partial charge in [-0.3, -0.25) is 4.90 Å². The third-order valence-corrected chi connectivity index (χ3v) is 4.58. The number of nitrogens with two attached hydrogens (primary N) is 1. The molecule has 1 aliphatic rings. The summed E-state index contributed by atoms with van der Waals surface area (Å²) in [6.45, 7) is 5.61. The summed E-state index contributed by atoms with van der Waals surface area (Å²) in [6, 6.07) is 8.53. The number of halogens is 1. The molecule has 2 nitrogen and oxygen atoms in total. The highest BCUT2D eigenvalue weighted by Gasteiger charge is 2.35. The zero-order chi connectivity index (χ0) is 14.0. The lowest BCUT2D eigenvalue weighted by Gasteiger charge is -2.33. The fourth-order valence-electron chi connectivity index (χ4n) is 2.88. The number of rotatable bonds is 6. The smallest absolute Gasteiger partial charge is 0.0496 e. The lowest BCUT2D eigenvalue weighted by Crippen LogP contribution is -2.39. The van der Waals surface area contributed by atoms with Gasteiger partial charge in [0.25, 0.3) is 0 Å². The predicted octanol–water partition coefficient (Wildman–Crippen LogP) is 3.71. The van der Waals surface area contributed by atoms with E-state index in [0.717, 1.165) is 29.8 Å². The van der Waals surface area contributed by atoms with E-state index in [2.05, 4.69) is 37.9 Å². The molecule has 0 aromatic heterocycles. The van der Waals surface area contributed by atoms with Crippen LogP contribution in [0.4, 0.5) is 0 Å². The molecule has 2 N–H and O–H groups in total. The second-order valence-corrected chi connectivity index (χ2v) is 6.42. The Morgan fingerprint density at radius 2 is 2.16 bits per heavy atom. The van der Waals surface area contributed by atoms with Crippen molar-refractivity contribution >= 4 is 11.6 Å². The standard InChI is InChI=1S/C16H25ClN2/c1-4-15(18)16(12-6-5-7-14(17)9-12)19(3)10-13-8-11(13)2/h5-7,9,11,13,15-16H,4,8,10,18H2,1-3H3. The summed E-state index contributed by atoms with van der Waals surface area (Å²) in [6.07, 6.45) is 2.33. The van der Waals surface area contributed by atoms with E-state index in [4.69, 9.17) is 17.3 Å². The van der Waals surface area contributed by atoms with Gasteiger partial charge in [-0.25, -0.2) is 0 Å². The molecule has 0 bridgehead atoms. The Morgan fingerprint density at radius 1 is 1.47 bits per heavy atom. The van der Waals surface area contributed by atoms with E-state index in [-0.39, 0.29) is 12.1 Å². The summed E-state index contributed by atoms with van der Waals surface area (Å²) in [4.78, 5) is 2.41. The molecule has 0 saturated heterocycles. The van der Waals surface area contributed by atoms with E-state index in [1.807, 2.05) is 12.1 Å². The summed E-state index contributed by atoms with van der Waals surface area (Å²) in [5.74, 6) is 1.72. The number of likely N-dealkylation sites (N-methyl/N-ethyl adjacent to an activating group) is 1. The van der Waals surface area contributed by atoms with Crippen LogP contribution in [0.15, 0.2) is 24.3 Å². The summed E-state index contributed by atoms with van der Waals surface area (Å²) in [5.41, 5.74) is 7.58. The van der Waals surface area contributed by atoms with Crippen LogP contribution in [-0.2, 0) is 0 Å². The minimum Gasteiger partial charge on any atom is -0.326 e. The lowest BCUT2D eigenvalue weighted by molar-refractivity contribution is 0.199. The van der Waals surface area contributed by atoms with Gasteiger partial charge in [-0.2, -0.15) is 0 Å². The molecule has 2 rings (SSSR count). The van der Waals surface area contributed by atoms with Crippen LogP contribution >= 0.6 is 11.6 Å². The van der Waals surface area contributed by atoms with Gasteiger partial charge in [-0.1, -0.05) is 37.6 Å². The summed E-state index contributed by atoms with van der Waals surface area (Å²) in [7, 11) is 2.19. The zero-order valence-electron chi connectivity index (χ0n) is 12.1. The van der Waals surface area contributed by atoms with Gasteiger partial charge >= 0.3 is 0 Å². The van der Waals surface area contributed by atoms with Gasteiger partial charge in [0.2, 0.25) is 0 Å². The maximum absolute atomic E-state index is 6.35. The van der Waals surface area contributed by atoms with Crippen molar-refractivity contribution in [2.45, 2.75) is 38.8 Å². The highest BCUT2D eigenvalue weighted by molar-refractivity contribution is 6.30. The molecule has 1 aliphatic carbocycles. The summed E-state index contributed by atoms with van der Waals surface area (Å²) in [5, 5.41) is 0.791. The minimum absolute atomic E-state index is 0.150. The van der Waals surface area contributed by atoms with Crippen LogP contribution in [-0.4, -0.2) is 24.5 Å². The van der Waals surface area contributed by atoms with Gasteiger partial charge in [-0.15, -0.1) is 0 Å². The monoisotopic (exact) mass is 280 g/mol. The summed E-state index contributed by atoms with van der Waals surface area (Å²) < 4.78 is 0. The molecule has 106 valence electrons. The third-order valence-electron chi connectivity index (χ3n) is 4.34. The molecular formula is C16H25ClN2. The maximum atomic E-state index is 6.35. The highest BCUT2D eigenvalue weighted by Crippen LogP contribution is 2.39. The number of nitrogens with zero attached hydrogens (tertiary/aromatic N) is 1. The average molecular weight is 281 g/mol. The zero-order valence-corrected chi connectivity index (χ0v) is 12.9. The van der Waals surface area contributed by atoms with E-state index in [0.29, 0.717) is 0 Å². The summed E-state index contributed by atoms with van der Waals surface area (Å²) >= 11 is 6.12. The molecule has 0 aliphatic heterocycles. The minimum atomic E-state index is 0.150. The average Bonchev–Trinajstić information content (AvgIpc) is 3.04. The van der Waals surface area contributed by atoms with Gasteiger partial charge in [0.1, 0.15) is 0 Å². The van der Waals surface area contributed by atoms with Crippen LogP contribution < -0.4 is 5.73 Å². The largest absolute Gasteiger partial charge is 0.326 e. The Morgan fingerprint density at radius 3 is 2.68 bits per heavy atom. The number of hydrogen-bond donors (Lipinski definition) is 1. The Hall–Kier alpha value is -0.570. The second kappa shape index (κ2) is 6.25. The Bertz CT molecular complexity index is 421. The molecule has 0 amide bonds. The molecule has 1 saturated carbocycles. The number of hydrogen-bond acceptors (Lipinski definition) is 2. The van der Waals surface area contributed by atoms with Crippen molar-refractivity contribution in [1.29, 1.82) is 0 Å². The first-order valence-electron chi connectivity index (χ1n) is 7.24. The highest BCUT2D eigenvalue weighted by atomic mass is 35.5. The molecule has 4 unspecified atom stereocenters. The molecule has 0 heterocycles. The van der Waals surface area contributed by atoms with Gasteiger partial charge < -0.3 is 5.73 Å². The van der Waals surface area contributed by atoms with E-state index >= 15 is 0 Å². The lowest BCUT2D eigenvalue weighted by atomic mass is 9.96. The van der Waals surface area contributed by atoms with Crippen LogP contribution in [0.1, 0.15) is 38.3 Å². The fraction of sp³-hybridized carbons (Fsp3) is 0.625. The van der Waals surface area contributed by atoms with Gasteiger partial charge in [-0.05, 0) is 49.4 Å². The van der Waals surface area contributed by atoms with Crippen molar-refractivity contribution in [1.82, 2.24) is 4.90 Å². The molecule has 1 aromatic carbocycles. The molecule has 0 spiro atoms. The van der Waals surface area contributed by atoms with Crippen LogP contribution in [0.5, 0.6) is 0 Å². The van der Waals surface area contributed by atoms with Crippen molar-refractivity contribution < 1.29 is 0 Å². The van der Waals surface area contributed by atoms with Crippen LogP contribution in [0.3, 0.4) is 0 Å². The van der Waals surface area contributed by atoms with Crippen molar-refractivity contribution in [2.75, 3.05) is 13.6 Å². The first kappa shape index (κ1) is 14.8. The molecule has 3 heteroatoms.